The smallest absolute Gasteiger partial charge is 0.340 e. The summed E-state index contributed by atoms with van der Waals surface area (Å²) >= 11 is 0. The summed E-state index contributed by atoms with van der Waals surface area (Å²) in [4.78, 5) is 25.2. The first kappa shape index (κ1) is 19.6. The first-order chi connectivity index (χ1) is 13.1. The van der Waals surface area contributed by atoms with Crippen LogP contribution in [0.2, 0.25) is 0 Å². The molecule has 0 N–H and O–H groups in total. The van der Waals surface area contributed by atoms with Crippen molar-refractivity contribution in [1.82, 2.24) is 4.57 Å². The van der Waals surface area contributed by atoms with Crippen molar-refractivity contribution in [3.05, 3.63) is 65.4 Å². The van der Waals surface area contributed by atoms with Crippen LogP contribution in [0.1, 0.15) is 26.3 Å². The average molecular weight is 400 g/mol. The number of nitrogens with zero attached hydrogens (tertiary/aromatic N) is 2. The van der Waals surface area contributed by atoms with Crippen molar-refractivity contribution in [1.29, 1.82) is 0 Å². The van der Waals surface area contributed by atoms with Crippen molar-refractivity contribution in [2.24, 2.45) is 0 Å². The fourth-order valence-electron chi connectivity index (χ4n) is 3.08. The third-order valence-corrected chi connectivity index (χ3v) is 5.81. The molecule has 0 aliphatic carbocycles. The number of fused-ring (bicyclic) bond motifs is 1. The van der Waals surface area contributed by atoms with Crippen molar-refractivity contribution in [2.75, 3.05) is 24.7 Å². The van der Waals surface area contributed by atoms with Crippen LogP contribution in [0.25, 0.3) is 10.9 Å². The quantitative estimate of drug-likeness (QED) is 0.629. The second kappa shape index (κ2) is 7.12. The van der Waals surface area contributed by atoms with Crippen LogP contribution in [0.4, 0.5) is 5.69 Å². The number of anilines is 1. The molecule has 0 saturated heterocycles. The molecule has 0 fully saturated rings. The number of aryl methyl sites for hydroxylation is 1. The summed E-state index contributed by atoms with van der Waals surface area (Å²) in [6.45, 7) is 1.74. The number of aromatic nitrogens is 1. The lowest BCUT2D eigenvalue weighted by Crippen LogP contribution is -2.25. The van der Waals surface area contributed by atoms with Crippen LogP contribution in [0.15, 0.2) is 48.7 Å². The Morgan fingerprint density at radius 2 is 1.79 bits per heavy atom. The van der Waals surface area contributed by atoms with Gasteiger partial charge in [0.2, 0.25) is 10.0 Å². The number of esters is 1. The maximum absolute atomic E-state index is 13.1. The monoisotopic (exact) mass is 400 g/mol. The first-order valence-electron chi connectivity index (χ1n) is 8.43. The highest BCUT2D eigenvalue weighted by Crippen LogP contribution is 2.26. The number of carbonyl (C=O) groups excluding carboxylic acids is 2. The van der Waals surface area contributed by atoms with Gasteiger partial charge in [-0.15, -0.1) is 0 Å². The van der Waals surface area contributed by atoms with Gasteiger partial charge in [0.25, 0.3) is 5.91 Å². The van der Waals surface area contributed by atoms with E-state index in [1.165, 1.54) is 24.9 Å². The van der Waals surface area contributed by atoms with Crippen LogP contribution in [-0.2, 0) is 14.8 Å². The number of benzene rings is 2. The minimum Gasteiger partial charge on any atom is -0.465 e. The lowest BCUT2D eigenvalue weighted by Gasteiger charge is -2.19. The molecule has 0 aliphatic heterocycles. The molecule has 0 saturated carbocycles. The van der Waals surface area contributed by atoms with Crippen molar-refractivity contribution >= 4 is 38.5 Å². The van der Waals surface area contributed by atoms with E-state index in [1.54, 1.807) is 49.4 Å². The molecule has 0 spiro atoms. The van der Waals surface area contributed by atoms with Gasteiger partial charge in [-0.2, -0.15) is 0 Å². The number of hydrogen-bond donors (Lipinski definition) is 0. The Balaban J connectivity index is 2.08. The van der Waals surface area contributed by atoms with Gasteiger partial charge < -0.3 is 4.74 Å². The molecule has 0 amide bonds. The molecule has 0 atom stereocenters. The Labute approximate surface area is 163 Å². The summed E-state index contributed by atoms with van der Waals surface area (Å²) in [5.74, 6) is -0.855. The molecule has 0 radical (unpaired) electrons. The molecule has 28 heavy (non-hydrogen) atoms. The second-order valence-electron chi connectivity index (χ2n) is 6.46. The Morgan fingerprint density at radius 3 is 2.39 bits per heavy atom. The van der Waals surface area contributed by atoms with Crippen molar-refractivity contribution in [2.45, 2.75) is 6.92 Å². The number of carbonyl (C=O) groups is 2. The summed E-state index contributed by atoms with van der Waals surface area (Å²) < 4.78 is 30.9. The van der Waals surface area contributed by atoms with Gasteiger partial charge in [-0.1, -0.05) is 18.2 Å². The maximum atomic E-state index is 13.1. The molecule has 0 bridgehead atoms. The maximum Gasteiger partial charge on any atom is 0.340 e. The highest BCUT2D eigenvalue weighted by Gasteiger charge is 2.21. The average Bonchev–Trinajstić information content (AvgIpc) is 3.05. The number of sulfonamides is 1. The molecule has 0 unspecified atom stereocenters. The number of para-hydroxylation sites is 1. The van der Waals surface area contributed by atoms with Gasteiger partial charge in [-0.05, 0) is 36.8 Å². The van der Waals surface area contributed by atoms with E-state index in [-0.39, 0.29) is 5.91 Å². The van der Waals surface area contributed by atoms with E-state index in [9.17, 15) is 18.0 Å². The lowest BCUT2D eigenvalue weighted by molar-refractivity contribution is 0.0603. The van der Waals surface area contributed by atoms with E-state index in [0.29, 0.717) is 33.3 Å². The zero-order valence-corrected chi connectivity index (χ0v) is 16.8. The number of ether oxygens (including phenoxy) is 1. The predicted octanol–water partition coefficient (Wildman–Crippen LogP) is 2.82. The third kappa shape index (κ3) is 3.38. The molecule has 146 valence electrons. The van der Waals surface area contributed by atoms with E-state index < -0.39 is 16.0 Å². The second-order valence-corrected chi connectivity index (χ2v) is 8.47. The highest BCUT2D eigenvalue weighted by molar-refractivity contribution is 7.92. The standard InChI is InChI=1S/C20H20N2O5S/c1-13-11-14(9-10-17(13)21(2)28(4,25)26)19(23)22-12-16(20(24)27-3)15-7-5-6-8-18(15)22/h5-12H,1-4H3. The van der Waals surface area contributed by atoms with Gasteiger partial charge >= 0.3 is 5.97 Å². The van der Waals surface area contributed by atoms with Crippen LogP contribution >= 0.6 is 0 Å². The van der Waals surface area contributed by atoms with Crippen LogP contribution in [0.5, 0.6) is 0 Å². The van der Waals surface area contributed by atoms with E-state index in [0.717, 1.165) is 10.6 Å². The summed E-state index contributed by atoms with van der Waals surface area (Å²) in [5, 5.41) is 0.618. The van der Waals surface area contributed by atoms with E-state index in [4.69, 9.17) is 4.74 Å². The van der Waals surface area contributed by atoms with Crippen LogP contribution in [-0.4, -0.2) is 45.3 Å². The van der Waals surface area contributed by atoms with E-state index in [1.807, 2.05) is 0 Å². The fraction of sp³-hybridized carbons (Fsp3) is 0.200. The fourth-order valence-corrected chi connectivity index (χ4v) is 3.64. The van der Waals surface area contributed by atoms with Gasteiger partial charge in [0.05, 0.1) is 30.1 Å². The van der Waals surface area contributed by atoms with Gasteiger partial charge in [0.15, 0.2) is 0 Å². The molecule has 8 heteroatoms. The van der Waals surface area contributed by atoms with Crippen molar-refractivity contribution in [3.63, 3.8) is 0 Å². The van der Waals surface area contributed by atoms with Crippen LogP contribution < -0.4 is 4.31 Å². The predicted molar refractivity (Wildman–Crippen MR) is 107 cm³/mol. The summed E-state index contributed by atoms with van der Waals surface area (Å²) in [5.41, 5.74) is 2.40. The molecular weight excluding hydrogens is 380 g/mol. The Morgan fingerprint density at radius 1 is 1.11 bits per heavy atom. The van der Waals surface area contributed by atoms with E-state index >= 15 is 0 Å². The number of hydrogen-bond acceptors (Lipinski definition) is 5. The molecule has 1 heterocycles. The topological polar surface area (TPSA) is 85.7 Å². The first-order valence-corrected chi connectivity index (χ1v) is 10.3. The molecule has 3 rings (SSSR count). The van der Waals surface area contributed by atoms with Crippen LogP contribution in [0, 0.1) is 6.92 Å². The molecule has 0 aliphatic rings. The Hall–Kier alpha value is -3.13. The minimum atomic E-state index is -3.41. The van der Waals surface area contributed by atoms with Crippen LogP contribution in [0.3, 0.4) is 0 Å². The van der Waals surface area contributed by atoms with Crippen molar-refractivity contribution < 1.29 is 22.7 Å². The summed E-state index contributed by atoms with van der Waals surface area (Å²) in [6, 6.07) is 11.9. The molecule has 3 aromatic rings. The molecule has 2 aromatic carbocycles. The molecular formula is C20H20N2O5S. The lowest BCUT2D eigenvalue weighted by atomic mass is 10.1. The van der Waals surface area contributed by atoms with Crippen molar-refractivity contribution in [3.8, 4) is 0 Å². The summed E-state index contributed by atoms with van der Waals surface area (Å²) in [6.07, 6.45) is 2.58. The van der Waals surface area contributed by atoms with Gasteiger partial charge in [-0.25, -0.2) is 13.2 Å². The zero-order valence-electron chi connectivity index (χ0n) is 16.0. The number of rotatable bonds is 4. The molecule has 1 aromatic heterocycles. The van der Waals surface area contributed by atoms with Gasteiger partial charge in [0.1, 0.15) is 0 Å². The third-order valence-electron chi connectivity index (χ3n) is 4.62. The minimum absolute atomic E-state index is 0.302. The highest BCUT2D eigenvalue weighted by atomic mass is 32.2. The van der Waals surface area contributed by atoms with Gasteiger partial charge in [0, 0.05) is 24.2 Å². The SMILES string of the molecule is COC(=O)c1cn(C(=O)c2ccc(N(C)S(C)(=O)=O)c(C)c2)c2ccccc12. The van der Waals surface area contributed by atoms with Gasteiger partial charge in [-0.3, -0.25) is 13.7 Å². The molecule has 7 nitrogen and oxygen atoms in total. The zero-order chi connectivity index (χ0) is 20.6. The van der Waals surface area contributed by atoms with E-state index in [2.05, 4.69) is 0 Å². The summed E-state index contributed by atoms with van der Waals surface area (Å²) in [7, 11) is -0.662. The largest absolute Gasteiger partial charge is 0.465 e. The normalized spacial score (nSPS) is 11.4. The number of methoxy groups -OCH3 is 1. The Bertz CT molecular complexity index is 1190. The Kier molecular flexibility index (Phi) is 4.99.